The summed E-state index contributed by atoms with van der Waals surface area (Å²) >= 11 is 0. The normalized spacial score (nSPS) is 14.1. The van der Waals surface area contributed by atoms with Crippen molar-refractivity contribution in [3.63, 3.8) is 0 Å². The van der Waals surface area contributed by atoms with Crippen LogP contribution < -0.4 is 5.73 Å². The number of hydrogen-bond donors (Lipinski definition) is 1. The third-order valence-electron chi connectivity index (χ3n) is 2.07. The number of nitrogens with two attached hydrogens (primary N) is 1. The summed E-state index contributed by atoms with van der Waals surface area (Å²) in [4.78, 5) is 8.04. The zero-order valence-electron chi connectivity index (χ0n) is 8.80. The summed E-state index contributed by atoms with van der Waals surface area (Å²) in [5, 5.41) is 0. The van der Waals surface area contributed by atoms with E-state index < -0.39 is 0 Å². The standard InChI is InChI=1S/C12H15N3/c1-10(11-6-4-3-5-7-11)15-9-12(8-13)14-2/h3-10H,2,13H2,1H3. The number of allylic oxidation sites excluding steroid dienone is 1. The Morgan fingerprint density at radius 2 is 2.07 bits per heavy atom. The van der Waals surface area contributed by atoms with E-state index in [4.69, 9.17) is 5.73 Å². The van der Waals surface area contributed by atoms with Gasteiger partial charge in [-0.25, -0.2) is 0 Å². The van der Waals surface area contributed by atoms with E-state index in [1.807, 2.05) is 37.3 Å². The molecule has 0 aliphatic heterocycles. The SMILES string of the molecule is C=NC(C=NC(C)c1ccccc1)=CN. The van der Waals surface area contributed by atoms with Gasteiger partial charge in [0.1, 0.15) is 0 Å². The second-order valence-corrected chi connectivity index (χ2v) is 3.11. The molecule has 0 saturated heterocycles. The zero-order valence-corrected chi connectivity index (χ0v) is 8.80. The zero-order chi connectivity index (χ0) is 11.1. The van der Waals surface area contributed by atoms with Crippen molar-refractivity contribution in [3.05, 3.63) is 47.8 Å². The number of nitrogens with zero attached hydrogens (tertiary/aromatic N) is 2. The van der Waals surface area contributed by atoms with Crippen molar-refractivity contribution in [3.8, 4) is 0 Å². The van der Waals surface area contributed by atoms with Crippen LogP contribution in [-0.2, 0) is 0 Å². The summed E-state index contributed by atoms with van der Waals surface area (Å²) < 4.78 is 0. The second kappa shape index (κ2) is 5.75. The third kappa shape index (κ3) is 3.38. The van der Waals surface area contributed by atoms with Gasteiger partial charge in [-0.2, -0.15) is 0 Å². The average Bonchev–Trinajstić information content (AvgIpc) is 2.31. The summed E-state index contributed by atoms with van der Waals surface area (Å²) in [5.74, 6) is 0. The van der Waals surface area contributed by atoms with Gasteiger partial charge in [0.15, 0.2) is 0 Å². The molecule has 0 aliphatic carbocycles. The lowest BCUT2D eigenvalue weighted by Gasteiger charge is -2.05. The van der Waals surface area contributed by atoms with E-state index in [1.165, 1.54) is 6.20 Å². The summed E-state index contributed by atoms with van der Waals surface area (Å²) in [6.07, 6.45) is 3.01. The first-order valence-electron chi connectivity index (χ1n) is 4.74. The Balaban J connectivity index is 2.71. The van der Waals surface area contributed by atoms with Crippen LogP contribution in [0.4, 0.5) is 0 Å². The van der Waals surface area contributed by atoms with E-state index in [2.05, 4.69) is 16.7 Å². The number of rotatable bonds is 4. The van der Waals surface area contributed by atoms with Gasteiger partial charge in [0.2, 0.25) is 0 Å². The lowest BCUT2D eigenvalue weighted by molar-refractivity contribution is 0.824. The summed E-state index contributed by atoms with van der Waals surface area (Å²) in [6.45, 7) is 5.41. The topological polar surface area (TPSA) is 50.7 Å². The molecule has 0 aromatic heterocycles. The molecule has 0 bridgehead atoms. The van der Waals surface area contributed by atoms with Crippen molar-refractivity contribution in [2.24, 2.45) is 15.7 Å². The Kier molecular flexibility index (Phi) is 4.29. The molecule has 0 saturated carbocycles. The van der Waals surface area contributed by atoms with Gasteiger partial charge in [-0.3, -0.25) is 9.98 Å². The van der Waals surface area contributed by atoms with E-state index in [0.29, 0.717) is 5.70 Å². The average molecular weight is 201 g/mol. The van der Waals surface area contributed by atoms with Crippen LogP contribution in [0, 0.1) is 0 Å². The van der Waals surface area contributed by atoms with Crippen LogP contribution in [0.3, 0.4) is 0 Å². The largest absolute Gasteiger partial charge is 0.403 e. The Bertz CT molecular complexity index is 366. The van der Waals surface area contributed by atoms with Crippen molar-refractivity contribution in [2.75, 3.05) is 0 Å². The van der Waals surface area contributed by atoms with E-state index in [1.54, 1.807) is 6.21 Å². The van der Waals surface area contributed by atoms with Crippen molar-refractivity contribution in [1.82, 2.24) is 0 Å². The molecule has 3 nitrogen and oxygen atoms in total. The van der Waals surface area contributed by atoms with Gasteiger partial charge in [-0.1, -0.05) is 30.3 Å². The molecule has 1 aromatic carbocycles. The van der Waals surface area contributed by atoms with Crippen molar-refractivity contribution < 1.29 is 0 Å². The molecule has 1 aromatic rings. The maximum absolute atomic E-state index is 5.32. The van der Waals surface area contributed by atoms with Crippen molar-refractivity contribution in [2.45, 2.75) is 13.0 Å². The quantitative estimate of drug-likeness (QED) is 0.747. The molecule has 0 aliphatic rings. The molecule has 78 valence electrons. The Hall–Kier alpha value is -1.90. The maximum atomic E-state index is 5.32. The fourth-order valence-corrected chi connectivity index (χ4v) is 1.14. The minimum atomic E-state index is 0.0999. The van der Waals surface area contributed by atoms with E-state index in [9.17, 15) is 0 Å². The lowest BCUT2D eigenvalue weighted by Crippen LogP contribution is -1.92. The molecular formula is C12H15N3. The minimum absolute atomic E-state index is 0.0999. The molecule has 0 fully saturated rings. The molecular weight excluding hydrogens is 186 g/mol. The molecule has 0 heterocycles. The second-order valence-electron chi connectivity index (χ2n) is 3.11. The molecule has 1 atom stereocenters. The van der Waals surface area contributed by atoms with Gasteiger partial charge in [0.05, 0.1) is 11.7 Å². The first-order chi connectivity index (χ1) is 7.27. The van der Waals surface area contributed by atoms with Gasteiger partial charge >= 0.3 is 0 Å². The van der Waals surface area contributed by atoms with Gasteiger partial charge in [0.25, 0.3) is 0 Å². The highest BCUT2D eigenvalue weighted by Gasteiger charge is 2.00. The van der Waals surface area contributed by atoms with Crippen molar-refractivity contribution in [1.29, 1.82) is 0 Å². The van der Waals surface area contributed by atoms with Gasteiger partial charge in [-0.05, 0) is 19.2 Å². The Morgan fingerprint density at radius 3 is 2.60 bits per heavy atom. The van der Waals surface area contributed by atoms with Crippen LogP contribution in [0.2, 0.25) is 0 Å². The lowest BCUT2D eigenvalue weighted by atomic mass is 10.1. The van der Waals surface area contributed by atoms with E-state index in [0.717, 1.165) is 5.56 Å². The Labute approximate surface area is 90.1 Å². The van der Waals surface area contributed by atoms with Crippen LogP contribution in [-0.4, -0.2) is 12.9 Å². The Morgan fingerprint density at radius 1 is 1.40 bits per heavy atom. The van der Waals surface area contributed by atoms with Gasteiger partial charge in [-0.15, -0.1) is 0 Å². The molecule has 15 heavy (non-hydrogen) atoms. The third-order valence-corrected chi connectivity index (χ3v) is 2.07. The van der Waals surface area contributed by atoms with E-state index >= 15 is 0 Å². The first kappa shape index (κ1) is 11.2. The molecule has 0 spiro atoms. The van der Waals surface area contributed by atoms with Crippen LogP contribution in [0.5, 0.6) is 0 Å². The van der Waals surface area contributed by atoms with Crippen LogP contribution in [0.25, 0.3) is 0 Å². The highest BCUT2D eigenvalue weighted by Crippen LogP contribution is 2.15. The fraction of sp³-hybridized carbons (Fsp3) is 0.167. The number of hydrogen-bond acceptors (Lipinski definition) is 3. The van der Waals surface area contributed by atoms with Gasteiger partial charge < -0.3 is 5.73 Å². The molecule has 3 heteroatoms. The maximum Gasteiger partial charge on any atom is 0.0955 e. The van der Waals surface area contributed by atoms with Crippen LogP contribution in [0.1, 0.15) is 18.5 Å². The van der Waals surface area contributed by atoms with E-state index in [-0.39, 0.29) is 6.04 Å². The van der Waals surface area contributed by atoms with Gasteiger partial charge in [0, 0.05) is 12.4 Å². The summed E-state index contributed by atoms with van der Waals surface area (Å²) in [5.41, 5.74) is 7.06. The van der Waals surface area contributed by atoms with Crippen molar-refractivity contribution >= 4 is 12.9 Å². The highest BCUT2D eigenvalue weighted by molar-refractivity contribution is 5.79. The molecule has 2 N–H and O–H groups in total. The number of aliphatic imine (C=N–C) groups is 2. The van der Waals surface area contributed by atoms with Crippen LogP contribution in [0.15, 0.2) is 52.2 Å². The molecule has 1 rings (SSSR count). The fourth-order valence-electron chi connectivity index (χ4n) is 1.14. The van der Waals surface area contributed by atoms with Crippen LogP contribution >= 0.6 is 0 Å². The molecule has 1 unspecified atom stereocenters. The predicted molar refractivity (Wildman–Crippen MR) is 65.2 cm³/mol. The molecule has 0 radical (unpaired) electrons. The highest BCUT2D eigenvalue weighted by atomic mass is 14.8. The predicted octanol–water partition coefficient (Wildman–Crippen LogP) is 2.32. The summed E-state index contributed by atoms with van der Waals surface area (Å²) in [6, 6.07) is 10.1. The minimum Gasteiger partial charge on any atom is -0.403 e. The summed E-state index contributed by atoms with van der Waals surface area (Å²) in [7, 11) is 0. The number of benzene rings is 1. The first-order valence-corrected chi connectivity index (χ1v) is 4.74. The smallest absolute Gasteiger partial charge is 0.0955 e. The monoisotopic (exact) mass is 201 g/mol. The molecule has 0 amide bonds.